The van der Waals surface area contributed by atoms with Crippen LogP contribution in [-0.2, 0) is 4.74 Å². The van der Waals surface area contributed by atoms with E-state index in [1.165, 1.54) is 0 Å². The monoisotopic (exact) mass is 286 g/mol. The first-order valence-electron chi connectivity index (χ1n) is 6.92. The molecule has 0 amide bonds. The summed E-state index contributed by atoms with van der Waals surface area (Å²) in [7, 11) is 0. The van der Waals surface area contributed by atoms with Gasteiger partial charge in [-0.25, -0.2) is 0 Å². The first-order valence-corrected chi connectivity index (χ1v) is 6.92. The molecule has 110 valence electrons. The van der Waals surface area contributed by atoms with E-state index in [4.69, 9.17) is 15.7 Å². The molecule has 1 aromatic carbocycles. The first-order chi connectivity index (χ1) is 10.2. The molecule has 0 radical (unpaired) electrons. The highest BCUT2D eigenvalue weighted by molar-refractivity contribution is 6.08. The highest BCUT2D eigenvalue weighted by atomic mass is 16.5. The van der Waals surface area contributed by atoms with Crippen LogP contribution >= 0.6 is 0 Å². The third-order valence-corrected chi connectivity index (χ3v) is 3.79. The zero-order valence-corrected chi connectivity index (χ0v) is 11.9. The van der Waals surface area contributed by atoms with Gasteiger partial charge in [0.2, 0.25) is 0 Å². The van der Waals surface area contributed by atoms with Crippen molar-refractivity contribution in [3.63, 3.8) is 0 Å². The maximum atomic E-state index is 9.04. The second kappa shape index (κ2) is 5.57. The summed E-state index contributed by atoms with van der Waals surface area (Å²) in [4.78, 5) is 6.64. The van der Waals surface area contributed by atoms with Crippen LogP contribution in [-0.4, -0.2) is 41.8 Å². The van der Waals surface area contributed by atoms with Crippen LogP contribution in [0.1, 0.15) is 12.5 Å². The van der Waals surface area contributed by atoms with Crippen LogP contribution in [0, 0.1) is 0 Å². The molecule has 0 saturated carbocycles. The topological polar surface area (TPSA) is 84.0 Å². The number of anilines is 1. The predicted octanol–water partition coefficient (Wildman–Crippen LogP) is 1.55. The Morgan fingerprint density at radius 1 is 1.48 bits per heavy atom. The van der Waals surface area contributed by atoms with E-state index in [1.807, 2.05) is 24.3 Å². The van der Waals surface area contributed by atoms with E-state index in [0.29, 0.717) is 18.8 Å². The number of benzene rings is 1. The fourth-order valence-electron chi connectivity index (χ4n) is 2.74. The largest absolute Gasteiger partial charge is 0.409 e. The second-order valence-electron chi connectivity index (χ2n) is 5.14. The average molecular weight is 286 g/mol. The van der Waals surface area contributed by atoms with Crippen LogP contribution in [0.4, 0.5) is 5.69 Å². The maximum absolute atomic E-state index is 9.04. The van der Waals surface area contributed by atoms with Crippen molar-refractivity contribution in [2.75, 3.05) is 24.7 Å². The van der Waals surface area contributed by atoms with E-state index in [9.17, 15) is 0 Å². The van der Waals surface area contributed by atoms with E-state index in [0.717, 1.165) is 23.1 Å². The lowest BCUT2D eigenvalue weighted by Crippen LogP contribution is -2.44. The van der Waals surface area contributed by atoms with Crippen molar-refractivity contribution in [1.29, 1.82) is 0 Å². The van der Waals surface area contributed by atoms with Gasteiger partial charge in [0.15, 0.2) is 5.84 Å². The Morgan fingerprint density at radius 3 is 3.05 bits per heavy atom. The fraction of sp³-hybridized carbons (Fsp3) is 0.333. The molecule has 0 spiro atoms. The molecule has 2 heterocycles. The molecule has 0 aliphatic carbocycles. The molecule has 2 aromatic rings. The highest BCUT2D eigenvalue weighted by Gasteiger charge is 2.25. The maximum Gasteiger partial charge on any atom is 0.173 e. The van der Waals surface area contributed by atoms with Crippen molar-refractivity contribution in [2.24, 2.45) is 10.9 Å². The Hall–Kier alpha value is -2.34. The van der Waals surface area contributed by atoms with Gasteiger partial charge in [-0.2, -0.15) is 0 Å². The van der Waals surface area contributed by atoms with Gasteiger partial charge < -0.3 is 20.6 Å². The number of fused-ring (bicyclic) bond motifs is 1. The first kappa shape index (κ1) is 13.6. The molecule has 0 bridgehead atoms. The summed E-state index contributed by atoms with van der Waals surface area (Å²) < 4.78 is 5.50. The van der Waals surface area contributed by atoms with Crippen molar-refractivity contribution in [1.82, 2.24) is 4.98 Å². The van der Waals surface area contributed by atoms with Crippen molar-refractivity contribution in [3.8, 4) is 0 Å². The summed E-state index contributed by atoms with van der Waals surface area (Å²) in [6.07, 6.45) is 1.66. The van der Waals surface area contributed by atoms with Gasteiger partial charge in [0, 0.05) is 24.2 Å². The summed E-state index contributed by atoms with van der Waals surface area (Å²) in [5, 5.41) is 13.2. The van der Waals surface area contributed by atoms with Gasteiger partial charge >= 0.3 is 0 Å². The summed E-state index contributed by atoms with van der Waals surface area (Å²) in [5.41, 5.74) is 8.32. The quantitative estimate of drug-likeness (QED) is 0.379. The lowest BCUT2D eigenvalue weighted by Gasteiger charge is -2.36. The second-order valence-corrected chi connectivity index (χ2v) is 5.14. The zero-order chi connectivity index (χ0) is 14.8. The average Bonchev–Trinajstić information content (AvgIpc) is 2.54. The molecule has 21 heavy (non-hydrogen) atoms. The number of oxime groups is 1. The van der Waals surface area contributed by atoms with Gasteiger partial charge in [-0.05, 0) is 13.0 Å². The lowest BCUT2D eigenvalue weighted by atomic mass is 10.1. The Bertz CT molecular complexity index is 686. The molecular formula is C15H18N4O2. The van der Waals surface area contributed by atoms with E-state index >= 15 is 0 Å². The zero-order valence-electron chi connectivity index (χ0n) is 11.9. The minimum Gasteiger partial charge on any atom is -0.409 e. The molecule has 1 aliphatic heterocycles. The minimum absolute atomic E-state index is 0.0712. The Kier molecular flexibility index (Phi) is 3.62. The summed E-state index contributed by atoms with van der Waals surface area (Å²) >= 11 is 0. The number of nitrogens with two attached hydrogens (primary N) is 1. The highest BCUT2D eigenvalue weighted by Crippen LogP contribution is 2.31. The third kappa shape index (κ3) is 2.38. The SMILES string of the molecule is CC1COCCN1c1c(/C(N)=N/O)cnc2ccccc12. The molecule has 3 rings (SSSR count). The van der Waals surface area contributed by atoms with Crippen molar-refractivity contribution in [3.05, 3.63) is 36.0 Å². The number of morpholine rings is 1. The smallest absolute Gasteiger partial charge is 0.173 e. The number of aromatic nitrogens is 1. The van der Waals surface area contributed by atoms with Crippen LogP contribution in [0.25, 0.3) is 10.9 Å². The van der Waals surface area contributed by atoms with Gasteiger partial charge in [-0.1, -0.05) is 23.4 Å². The molecule has 6 heteroatoms. The summed E-state index contributed by atoms with van der Waals surface area (Å²) in [5.74, 6) is 0.0712. The van der Waals surface area contributed by atoms with Crippen molar-refractivity contribution >= 4 is 22.4 Å². The molecule has 1 unspecified atom stereocenters. The predicted molar refractivity (Wildman–Crippen MR) is 81.9 cm³/mol. The van der Waals surface area contributed by atoms with Crippen molar-refractivity contribution in [2.45, 2.75) is 13.0 Å². The molecule has 6 nitrogen and oxygen atoms in total. The van der Waals surface area contributed by atoms with Crippen LogP contribution < -0.4 is 10.6 Å². The number of hydrogen-bond acceptors (Lipinski definition) is 5. The number of hydrogen-bond donors (Lipinski definition) is 2. The number of para-hydroxylation sites is 1. The van der Waals surface area contributed by atoms with Crippen LogP contribution in [0.5, 0.6) is 0 Å². The summed E-state index contributed by atoms with van der Waals surface area (Å²) in [6, 6.07) is 8.10. The molecule has 1 aliphatic rings. The van der Waals surface area contributed by atoms with Crippen LogP contribution in [0.2, 0.25) is 0 Å². The molecule has 3 N–H and O–H groups in total. The van der Waals surface area contributed by atoms with Gasteiger partial charge in [0.1, 0.15) is 0 Å². The minimum atomic E-state index is 0.0712. The Labute approximate surface area is 122 Å². The summed E-state index contributed by atoms with van der Waals surface area (Å²) in [6.45, 7) is 4.19. The fourth-order valence-corrected chi connectivity index (χ4v) is 2.74. The van der Waals surface area contributed by atoms with E-state index in [1.54, 1.807) is 6.20 Å². The molecule has 1 saturated heterocycles. The number of amidine groups is 1. The number of rotatable bonds is 2. The van der Waals surface area contributed by atoms with Gasteiger partial charge in [0.25, 0.3) is 0 Å². The van der Waals surface area contributed by atoms with Gasteiger partial charge in [0.05, 0.1) is 30.0 Å². The molecule has 1 atom stereocenters. The van der Waals surface area contributed by atoms with E-state index in [-0.39, 0.29) is 11.9 Å². The Balaban J connectivity index is 2.25. The van der Waals surface area contributed by atoms with Crippen LogP contribution in [0.15, 0.2) is 35.6 Å². The third-order valence-electron chi connectivity index (χ3n) is 3.79. The van der Waals surface area contributed by atoms with Gasteiger partial charge in [-0.15, -0.1) is 0 Å². The number of ether oxygens (including phenoxy) is 1. The van der Waals surface area contributed by atoms with Crippen LogP contribution in [0.3, 0.4) is 0 Å². The standard InChI is InChI=1S/C15H18N4O2/c1-10-9-21-7-6-19(10)14-11-4-2-3-5-13(11)17-8-12(14)15(16)18-20/h2-5,8,10,20H,6-7,9H2,1H3,(H2,16,18). The Morgan fingerprint density at radius 2 is 2.29 bits per heavy atom. The van der Waals surface area contributed by atoms with E-state index < -0.39 is 0 Å². The normalized spacial score (nSPS) is 20.0. The number of pyridine rings is 1. The lowest BCUT2D eigenvalue weighted by molar-refractivity contribution is 0.0990. The van der Waals surface area contributed by atoms with Crippen molar-refractivity contribution < 1.29 is 9.94 Å². The molecule has 1 aromatic heterocycles. The van der Waals surface area contributed by atoms with E-state index in [2.05, 4.69) is 22.0 Å². The molecule has 1 fully saturated rings. The van der Waals surface area contributed by atoms with Gasteiger partial charge in [-0.3, -0.25) is 4.98 Å². The number of nitrogens with zero attached hydrogens (tertiary/aromatic N) is 3. The molecular weight excluding hydrogens is 268 g/mol.